The summed E-state index contributed by atoms with van der Waals surface area (Å²) < 4.78 is 5.04. The van der Waals surface area contributed by atoms with Gasteiger partial charge in [0.2, 0.25) is 5.76 Å². The van der Waals surface area contributed by atoms with E-state index in [1.165, 1.54) is 0 Å². The molecule has 1 saturated heterocycles. The number of aromatic nitrogens is 2. The molecule has 1 aliphatic heterocycles. The SMILES string of the molecule is Cl.Cl.O=C(NCC1CNCC1O)c1cc(-c2ccccn2)no1. The number of amides is 1. The van der Waals surface area contributed by atoms with Crippen molar-refractivity contribution in [2.24, 2.45) is 5.92 Å². The number of carbonyl (C=O) groups excluding carboxylic acids is 1. The molecule has 23 heavy (non-hydrogen) atoms. The highest BCUT2D eigenvalue weighted by molar-refractivity contribution is 5.92. The predicted molar refractivity (Wildman–Crippen MR) is 88.9 cm³/mol. The van der Waals surface area contributed by atoms with Crippen molar-refractivity contribution in [2.45, 2.75) is 6.10 Å². The second-order valence-corrected chi connectivity index (χ2v) is 4.99. The van der Waals surface area contributed by atoms with Crippen LogP contribution in [0.1, 0.15) is 10.6 Å². The highest BCUT2D eigenvalue weighted by Crippen LogP contribution is 2.16. The molecule has 7 nitrogen and oxygen atoms in total. The second-order valence-electron chi connectivity index (χ2n) is 4.99. The minimum absolute atomic E-state index is 0. The number of aliphatic hydroxyl groups is 1. The van der Waals surface area contributed by atoms with Crippen LogP contribution in [-0.4, -0.2) is 46.9 Å². The fraction of sp³-hybridized carbons (Fsp3) is 0.357. The Bertz CT molecular complexity index is 623. The number of rotatable bonds is 4. The quantitative estimate of drug-likeness (QED) is 0.748. The number of halogens is 2. The van der Waals surface area contributed by atoms with Gasteiger partial charge in [0.15, 0.2) is 0 Å². The maximum atomic E-state index is 12.0. The minimum Gasteiger partial charge on any atom is -0.391 e. The van der Waals surface area contributed by atoms with E-state index < -0.39 is 6.10 Å². The maximum absolute atomic E-state index is 12.0. The van der Waals surface area contributed by atoms with E-state index in [-0.39, 0.29) is 42.4 Å². The first-order valence-electron chi connectivity index (χ1n) is 6.79. The van der Waals surface area contributed by atoms with Crippen molar-refractivity contribution in [3.63, 3.8) is 0 Å². The zero-order valence-corrected chi connectivity index (χ0v) is 13.8. The first-order chi connectivity index (χ1) is 10.2. The summed E-state index contributed by atoms with van der Waals surface area (Å²) in [4.78, 5) is 16.1. The van der Waals surface area contributed by atoms with Crippen LogP contribution >= 0.6 is 24.8 Å². The third kappa shape index (κ3) is 4.65. The van der Waals surface area contributed by atoms with Gasteiger partial charge in [0.25, 0.3) is 5.91 Å². The normalized spacial score (nSPS) is 19.5. The molecule has 2 aromatic rings. The summed E-state index contributed by atoms with van der Waals surface area (Å²) in [6.45, 7) is 1.65. The average molecular weight is 361 g/mol. The van der Waals surface area contributed by atoms with Gasteiger partial charge in [-0.05, 0) is 12.1 Å². The van der Waals surface area contributed by atoms with Crippen LogP contribution in [0, 0.1) is 5.92 Å². The van der Waals surface area contributed by atoms with Crippen LogP contribution in [0.2, 0.25) is 0 Å². The van der Waals surface area contributed by atoms with Gasteiger partial charge >= 0.3 is 0 Å². The molecule has 1 fully saturated rings. The van der Waals surface area contributed by atoms with Gasteiger partial charge in [-0.1, -0.05) is 11.2 Å². The molecule has 0 saturated carbocycles. The van der Waals surface area contributed by atoms with E-state index >= 15 is 0 Å². The van der Waals surface area contributed by atoms with Gasteiger partial charge < -0.3 is 20.3 Å². The first kappa shape index (κ1) is 19.4. The Morgan fingerprint density at radius 2 is 2.17 bits per heavy atom. The van der Waals surface area contributed by atoms with Gasteiger partial charge in [-0.25, -0.2) is 0 Å². The molecule has 0 aromatic carbocycles. The van der Waals surface area contributed by atoms with Crippen LogP contribution in [0.5, 0.6) is 0 Å². The lowest BCUT2D eigenvalue weighted by molar-refractivity contribution is 0.0891. The number of aliphatic hydroxyl groups excluding tert-OH is 1. The van der Waals surface area contributed by atoms with Gasteiger partial charge in [0, 0.05) is 37.8 Å². The monoisotopic (exact) mass is 360 g/mol. The van der Waals surface area contributed by atoms with Crippen LogP contribution in [0.4, 0.5) is 0 Å². The third-order valence-corrected chi connectivity index (χ3v) is 3.49. The van der Waals surface area contributed by atoms with Crippen LogP contribution in [0.15, 0.2) is 35.0 Å². The fourth-order valence-corrected chi connectivity index (χ4v) is 2.26. The fourth-order valence-electron chi connectivity index (χ4n) is 2.26. The second kappa shape index (κ2) is 8.83. The van der Waals surface area contributed by atoms with E-state index in [2.05, 4.69) is 20.8 Å². The van der Waals surface area contributed by atoms with Crippen LogP contribution in [-0.2, 0) is 0 Å². The topological polar surface area (TPSA) is 100 Å². The number of β-amino-alcohol motifs (C(OH)–C–C–N with tert-alkyl or cyclic N) is 1. The highest BCUT2D eigenvalue weighted by atomic mass is 35.5. The molecule has 9 heteroatoms. The highest BCUT2D eigenvalue weighted by Gasteiger charge is 2.25. The largest absolute Gasteiger partial charge is 0.391 e. The van der Waals surface area contributed by atoms with Gasteiger partial charge in [0.05, 0.1) is 11.8 Å². The molecule has 2 atom stereocenters. The summed E-state index contributed by atoms with van der Waals surface area (Å²) in [5, 5.41) is 19.3. The number of nitrogens with zero attached hydrogens (tertiary/aromatic N) is 2. The number of pyridine rings is 1. The molecule has 0 radical (unpaired) electrons. The lowest BCUT2D eigenvalue weighted by Crippen LogP contribution is -2.34. The molecular weight excluding hydrogens is 343 g/mol. The smallest absolute Gasteiger partial charge is 0.289 e. The zero-order chi connectivity index (χ0) is 14.7. The molecule has 2 aromatic heterocycles. The lowest BCUT2D eigenvalue weighted by atomic mass is 10.1. The summed E-state index contributed by atoms with van der Waals surface area (Å²) >= 11 is 0. The van der Waals surface area contributed by atoms with Crippen molar-refractivity contribution in [2.75, 3.05) is 19.6 Å². The summed E-state index contributed by atoms with van der Waals surface area (Å²) in [6, 6.07) is 6.99. The molecule has 0 aliphatic carbocycles. The summed E-state index contributed by atoms with van der Waals surface area (Å²) in [5.74, 6) is -0.188. The van der Waals surface area contributed by atoms with E-state index in [0.717, 1.165) is 0 Å². The summed E-state index contributed by atoms with van der Waals surface area (Å²) in [7, 11) is 0. The van der Waals surface area contributed by atoms with Gasteiger partial charge in [-0.2, -0.15) is 0 Å². The molecule has 3 N–H and O–H groups in total. The molecule has 0 spiro atoms. The van der Waals surface area contributed by atoms with Crippen LogP contribution in [0.3, 0.4) is 0 Å². The van der Waals surface area contributed by atoms with Crippen molar-refractivity contribution in [3.8, 4) is 11.4 Å². The predicted octanol–water partition coefficient (Wildman–Crippen LogP) is 0.890. The Morgan fingerprint density at radius 3 is 2.83 bits per heavy atom. The Morgan fingerprint density at radius 1 is 1.35 bits per heavy atom. The number of hydrogen-bond acceptors (Lipinski definition) is 6. The minimum atomic E-state index is -0.427. The Kier molecular flexibility index (Phi) is 7.44. The third-order valence-electron chi connectivity index (χ3n) is 3.49. The number of carbonyl (C=O) groups is 1. The van der Waals surface area contributed by atoms with Crippen LogP contribution in [0.25, 0.3) is 11.4 Å². The van der Waals surface area contributed by atoms with Gasteiger partial charge in [0.1, 0.15) is 5.69 Å². The molecule has 3 rings (SSSR count). The van der Waals surface area contributed by atoms with E-state index in [1.807, 2.05) is 6.07 Å². The average Bonchev–Trinajstić information content (AvgIpc) is 3.15. The molecule has 3 heterocycles. The van der Waals surface area contributed by atoms with E-state index in [9.17, 15) is 9.90 Å². The van der Waals surface area contributed by atoms with Gasteiger partial charge in [-0.15, -0.1) is 24.8 Å². The zero-order valence-electron chi connectivity index (χ0n) is 12.1. The Hall–Kier alpha value is -1.67. The van der Waals surface area contributed by atoms with Gasteiger partial charge in [-0.3, -0.25) is 9.78 Å². The molecule has 1 amide bonds. The van der Waals surface area contributed by atoms with Crippen molar-refractivity contribution >= 4 is 30.7 Å². The molecule has 0 bridgehead atoms. The molecule has 2 unspecified atom stereocenters. The first-order valence-corrected chi connectivity index (χ1v) is 6.79. The van der Waals surface area contributed by atoms with Crippen molar-refractivity contribution in [1.29, 1.82) is 0 Å². The van der Waals surface area contributed by atoms with E-state index in [4.69, 9.17) is 4.52 Å². The number of nitrogens with one attached hydrogen (secondary N) is 2. The summed E-state index contributed by atoms with van der Waals surface area (Å²) in [5.41, 5.74) is 1.17. The van der Waals surface area contributed by atoms with E-state index in [0.29, 0.717) is 31.0 Å². The van der Waals surface area contributed by atoms with Crippen molar-refractivity contribution < 1.29 is 14.4 Å². The Balaban J connectivity index is 0.00000132. The summed E-state index contributed by atoms with van der Waals surface area (Å²) in [6.07, 6.45) is 1.22. The molecule has 126 valence electrons. The maximum Gasteiger partial charge on any atom is 0.289 e. The van der Waals surface area contributed by atoms with Crippen LogP contribution < -0.4 is 10.6 Å². The van der Waals surface area contributed by atoms with E-state index in [1.54, 1.807) is 24.4 Å². The van der Waals surface area contributed by atoms with Crippen molar-refractivity contribution in [1.82, 2.24) is 20.8 Å². The standard InChI is InChI=1S/C14H16N4O3.2ClH/c19-12-8-15-6-9(12)7-17-14(20)13-5-11(18-21-13)10-3-1-2-4-16-10;;/h1-5,9,12,15,19H,6-8H2,(H,17,20);2*1H. The Labute approximate surface area is 145 Å². The lowest BCUT2D eigenvalue weighted by Gasteiger charge is -2.12. The number of hydrogen-bond donors (Lipinski definition) is 3. The van der Waals surface area contributed by atoms with Crippen molar-refractivity contribution in [3.05, 3.63) is 36.2 Å². The molecule has 1 aliphatic rings. The molecular formula is C14H18Cl2N4O3.